The number of aromatic carboxylic acids is 1. The van der Waals surface area contributed by atoms with Crippen LogP contribution in [0.5, 0.6) is 11.5 Å². The molecule has 2 aromatic carbocycles. The Labute approximate surface area is 133 Å². The lowest BCUT2D eigenvalue weighted by Gasteiger charge is -2.10. The SMILES string of the molecule is O=C(O)c1cc([N+](=O)[O-])c(OCc2c(F)cccc2Cl)cc1O. The molecule has 0 unspecified atom stereocenters. The molecule has 0 aliphatic rings. The number of hydrogen-bond acceptors (Lipinski definition) is 5. The molecule has 0 radical (unpaired) electrons. The van der Waals surface area contributed by atoms with E-state index in [1.54, 1.807) is 0 Å². The van der Waals surface area contributed by atoms with Gasteiger partial charge in [0.05, 0.1) is 9.95 Å². The van der Waals surface area contributed by atoms with Crippen LogP contribution in [0.4, 0.5) is 10.1 Å². The fraction of sp³-hybridized carbons (Fsp3) is 0.0714. The highest BCUT2D eigenvalue weighted by atomic mass is 35.5. The number of phenols is 1. The Morgan fingerprint density at radius 3 is 2.65 bits per heavy atom. The average molecular weight is 342 g/mol. The molecule has 120 valence electrons. The van der Waals surface area contributed by atoms with Gasteiger partial charge < -0.3 is 14.9 Å². The van der Waals surface area contributed by atoms with Gasteiger partial charge in [0.25, 0.3) is 0 Å². The first-order valence-corrected chi connectivity index (χ1v) is 6.49. The summed E-state index contributed by atoms with van der Waals surface area (Å²) in [5, 5.41) is 29.5. The zero-order valence-electron chi connectivity index (χ0n) is 11.3. The van der Waals surface area contributed by atoms with Crippen LogP contribution in [0.3, 0.4) is 0 Å². The van der Waals surface area contributed by atoms with Crippen LogP contribution >= 0.6 is 11.6 Å². The minimum Gasteiger partial charge on any atom is -0.507 e. The van der Waals surface area contributed by atoms with Crippen molar-refractivity contribution >= 4 is 23.3 Å². The van der Waals surface area contributed by atoms with Crippen LogP contribution < -0.4 is 4.74 Å². The van der Waals surface area contributed by atoms with Crippen LogP contribution in [0.2, 0.25) is 5.02 Å². The molecule has 0 saturated heterocycles. The number of halogens is 2. The molecule has 9 heteroatoms. The number of nitro benzene ring substituents is 1. The number of hydrogen-bond donors (Lipinski definition) is 2. The van der Waals surface area contributed by atoms with Crippen LogP contribution in [-0.4, -0.2) is 21.1 Å². The van der Waals surface area contributed by atoms with E-state index in [2.05, 4.69) is 0 Å². The molecule has 0 spiro atoms. The number of carboxylic acids is 1. The fourth-order valence-corrected chi connectivity index (χ4v) is 2.02. The second kappa shape index (κ2) is 6.49. The molecule has 7 nitrogen and oxygen atoms in total. The van der Waals surface area contributed by atoms with E-state index in [4.69, 9.17) is 21.4 Å². The van der Waals surface area contributed by atoms with Gasteiger partial charge in [0.15, 0.2) is 0 Å². The lowest BCUT2D eigenvalue weighted by Crippen LogP contribution is -2.04. The Morgan fingerprint density at radius 2 is 2.09 bits per heavy atom. The fourth-order valence-electron chi connectivity index (χ4n) is 1.81. The smallest absolute Gasteiger partial charge is 0.339 e. The Balaban J connectivity index is 2.38. The van der Waals surface area contributed by atoms with Crippen LogP contribution in [0.1, 0.15) is 15.9 Å². The number of nitro groups is 1. The molecule has 0 heterocycles. The van der Waals surface area contributed by atoms with Gasteiger partial charge in [0, 0.05) is 17.7 Å². The minimum atomic E-state index is -1.53. The third-order valence-electron chi connectivity index (χ3n) is 2.94. The number of benzene rings is 2. The van der Waals surface area contributed by atoms with Gasteiger partial charge in [-0.15, -0.1) is 0 Å². The molecule has 2 aromatic rings. The van der Waals surface area contributed by atoms with E-state index in [9.17, 15) is 24.4 Å². The third kappa shape index (κ3) is 3.49. The molecule has 0 aliphatic carbocycles. The van der Waals surface area contributed by atoms with Crippen molar-refractivity contribution in [3.05, 3.63) is 62.4 Å². The molecule has 0 aromatic heterocycles. The average Bonchev–Trinajstić information content (AvgIpc) is 2.46. The van der Waals surface area contributed by atoms with E-state index in [0.29, 0.717) is 6.07 Å². The van der Waals surface area contributed by atoms with Gasteiger partial charge in [-0.3, -0.25) is 10.1 Å². The normalized spacial score (nSPS) is 10.3. The van der Waals surface area contributed by atoms with Gasteiger partial charge in [-0.25, -0.2) is 9.18 Å². The van der Waals surface area contributed by atoms with E-state index >= 15 is 0 Å². The van der Waals surface area contributed by atoms with Crippen molar-refractivity contribution in [1.82, 2.24) is 0 Å². The van der Waals surface area contributed by atoms with Crippen molar-refractivity contribution in [2.75, 3.05) is 0 Å². The Hall–Kier alpha value is -2.87. The maximum Gasteiger partial charge on any atom is 0.339 e. The topological polar surface area (TPSA) is 110 Å². The van der Waals surface area contributed by atoms with Crippen LogP contribution in [-0.2, 0) is 6.61 Å². The van der Waals surface area contributed by atoms with Gasteiger partial charge in [-0.05, 0) is 12.1 Å². The monoisotopic (exact) mass is 341 g/mol. The van der Waals surface area contributed by atoms with Crippen LogP contribution in [0.15, 0.2) is 30.3 Å². The predicted octanol–water partition coefficient (Wildman–Crippen LogP) is 3.37. The first-order valence-electron chi connectivity index (χ1n) is 6.11. The van der Waals surface area contributed by atoms with E-state index < -0.39 is 46.1 Å². The Bertz CT molecular complexity index is 775. The summed E-state index contributed by atoms with van der Waals surface area (Å²) in [4.78, 5) is 21.0. The van der Waals surface area contributed by atoms with E-state index in [1.807, 2.05) is 0 Å². The van der Waals surface area contributed by atoms with Crippen molar-refractivity contribution < 1.29 is 29.1 Å². The molecule has 0 bridgehead atoms. The minimum absolute atomic E-state index is 0.0229. The summed E-state index contributed by atoms with van der Waals surface area (Å²) < 4.78 is 18.8. The summed E-state index contributed by atoms with van der Waals surface area (Å²) >= 11 is 5.82. The first kappa shape index (κ1) is 16.5. The summed E-state index contributed by atoms with van der Waals surface area (Å²) in [7, 11) is 0. The molecule has 0 saturated carbocycles. The van der Waals surface area contributed by atoms with Crippen molar-refractivity contribution in [3.8, 4) is 11.5 Å². The summed E-state index contributed by atoms with van der Waals surface area (Å²) in [6.07, 6.45) is 0. The van der Waals surface area contributed by atoms with Gasteiger partial charge >= 0.3 is 11.7 Å². The third-order valence-corrected chi connectivity index (χ3v) is 3.29. The zero-order valence-corrected chi connectivity index (χ0v) is 12.1. The first-order chi connectivity index (χ1) is 10.8. The largest absolute Gasteiger partial charge is 0.507 e. The highest BCUT2D eigenvalue weighted by molar-refractivity contribution is 6.31. The highest BCUT2D eigenvalue weighted by Crippen LogP contribution is 2.35. The molecule has 2 N–H and O–H groups in total. The second-order valence-corrected chi connectivity index (χ2v) is 4.80. The Kier molecular flexibility index (Phi) is 4.65. The van der Waals surface area contributed by atoms with Crippen LogP contribution in [0, 0.1) is 15.9 Å². The summed E-state index contributed by atoms with van der Waals surface area (Å²) in [5.74, 6) is -3.31. The quantitative estimate of drug-likeness (QED) is 0.637. The molecular weight excluding hydrogens is 333 g/mol. The number of carboxylic acid groups (broad SMARTS) is 1. The molecule has 0 amide bonds. The van der Waals surface area contributed by atoms with Crippen molar-refractivity contribution in [2.24, 2.45) is 0 Å². The van der Waals surface area contributed by atoms with Gasteiger partial charge in [-0.1, -0.05) is 17.7 Å². The van der Waals surface area contributed by atoms with E-state index in [-0.39, 0.29) is 10.6 Å². The summed E-state index contributed by atoms with van der Waals surface area (Å²) in [6, 6.07) is 5.40. The predicted molar refractivity (Wildman–Crippen MR) is 77.5 cm³/mol. The van der Waals surface area contributed by atoms with Crippen molar-refractivity contribution in [3.63, 3.8) is 0 Å². The van der Waals surface area contributed by atoms with Crippen molar-refractivity contribution in [2.45, 2.75) is 6.61 Å². The molecule has 23 heavy (non-hydrogen) atoms. The molecule has 0 atom stereocenters. The summed E-state index contributed by atoms with van der Waals surface area (Å²) in [6.45, 7) is -0.432. The van der Waals surface area contributed by atoms with Gasteiger partial charge in [-0.2, -0.15) is 0 Å². The maximum atomic E-state index is 13.6. The molecule has 0 aliphatic heterocycles. The number of nitrogens with zero attached hydrogens (tertiary/aromatic N) is 1. The number of aromatic hydroxyl groups is 1. The summed E-state index contributed by atoms with van der Waals surface area (Å²) in [5.41, 5.74) is -1.34. The highest BCUT2D eigenvalue weighted by Gasteiger charge is 2.23. The molecule has 0 fully saturated rings. The van der Waals surface area contributed by atoms with Gasteiger partial charge in [0.1, 0.15) is 23.7 Å². The van der Waals surface area contributed by atoms with E-state index in [0.717, 1.165) is 12.1 Å². The van der Waals surface area contributed by atoms with Crippen LogP contribution in [0.25, 0.3) is 0 Å². The lowest BCUT2D eigenvalue weighted by molar-refractivity contribution is -0.386. The van der Waals surface area contributed by atoms with Gasteiger partial charge in [0.2, 0.25) is 5.75 Å². The molecule has 2 rings (SSSR count). The number of ether oxygens (including phenoxy) is 1. The van der Waals surface area contributed by atoms with E-state index in [1.165, 1.54) is 12.1 Å². The lowest BCUT2D eigenvalue weighted by atomic mass is 10.1. The molecular formula is C14H9ClFNO6. The second-order valence-electron chi connectivity index (χ2n) is 4.39. The zero-order chi connectivity index (χ0) is 17.1. The Morgan fingerprint density at radius 1 is 1.39 bits per heavy atom. The maximum absolute atomic E-state index is 13.6. The standard InChI is InChI=1S/C14H9ClFNO6/c15-9-2-1-3-10(16)8(9)6-23-13-5-12(18)7(14(19)20)4-11(13)17(21)22/h1-5,18H,6H2,(H,19,20). The van der Waals surface area contributed by atoms with Crippen molar-refractivity contribution in [1.29, 1.82) is 0 Å². The number of carbonyl (C=O) groups is 1. The number of rotatable bonds is 5.